The molecule has 0 bridgehead atoms. The zero-order valence-electron chi connectivity index (χ0n) is 8.01. The van der Waals surface area contributed by atoms with E-state index >= 15 is 0 Å². The van der Waals surface area contributed by atoms with Crippen molar-refractivity contribution in [2.75, 3.05) is 6.54 Å². The van der Waals surface area contributed by atoms with Crippen molar-refractivity contribution in [3.05, 3.63) is 42.0 Å². The third-order valence-electron chi connectivity index (χ3n) is 1.64. The molecule has 0 aliphatic rings. The van der Waals surface area contributed by atoms with E-state index in [0.29, 0.717) is 4.99 Å². The number of aliphatic carboxylic acids is 1. The molecule has 0 aliphatic heterocycles. The zero-order chi connectivity index (χ0) is 11.1. The molecular formula is C11H11NO2S. The number of carboxylic acid groups (broad SMARTS) is 1. The molecule has 1 rings (SSSR count). The first-order valence-corrected chi connectivity index (χ1v) is 4.82. The minimum atomic E-state index is -0.925. The van der Waals surface area contributed by atoms with E-state index in [4.69, 9.17) is 17.3 Å². The fourth-order valence-electron chi connectivity index (χ4n) is 0.958. The predicted octanol–water partition coefficient (Wildman–Crippen LogP) is 1.70. The second kappa shape index (κ2) is 5.93. The molecule has 0 spiro atoms. The quantitative estimate of drug-likeness (QED) is 0.600. The molecule has 1 aromatic rings. The predicted molar refractivity (Wildman–Crippen MR) is 63.7 cm³/mol. The number of rotatable bonds is 4. The topological polar surface area (TPSA) is 49.3 Å². The molecule has 0 aliphatic carbocycles. The largest absolute Gasteiger partial charge is 0.480 e. The minimum Gasteiger partial charge on any atom is -0.480 e. The lowest BCUT2D eigenvalue weighted by Gasteiger charge is -1.99. The summed E-state index contributed by atoms with van der Waals surface area (Å²) in [6.07, 6.45) is 3.50. The maximum Gasteiger partial charge on any atom is 0.322 e. The van der Waals surface area contributed by atoms with E-state index in [1.165, 1.54) is 0 Å². The van der Waals surface area contributed by atoms with Gasteiger partial charge in [0.15, 0.2) is 0 Å². The molecule has 0 aromatic heterocycles. The Hall–Kier alpha value is -1.68. The van der Waals surface area contributed by atoms with Crippen molar-refractivity contribution in [2.45, 2.75) is 0 Å². The van der Waals surface area contributed by atoms with E-state index in [0.717, 1.165) is 5.56 Å². The lowest BCUT2D eigenvalue weighted by molar-refractivity contribution is -0.135. The van der Waals surface area contributed by atoms with Crippen molar-refractivity contribution in [3.63, 3.8) is 0 Å². The first-order valence-electron chi connectivity index (χ1n) is 4.41. The van der Waals surface area contributed by atoms with Crippen molar-refractivity contribution in [3.8, 4) is 0 Å². The molecule has 0 heterocycles. The minimum absolute atomic E-state index is 0.155. The van der Waals surface area contributed by atoms with Crippen molar-refractivity contribution in [1.82, 2.24) is 5.32 Å². The fraction of sp³-hybridized carbons (Fsp3) is 0.0909. The maximum absolute atomic E-state index is 10.2. The van der Waals surface area contributed by atoms with Gasteiger partial charge in [-0.05, 0) is 11.6 Å². The smallest absolute Gasteiger partial charge is 0.322 e. The molecule has 0 saturated heterocycles. The Morgan fingerprint density at radius 3 is 2.67 bits per heavy atom. The lowest BCUT2D eigenvalue weighted by Crippen LogP contribution is -2.26. The Bertz CT molecular complexity index is 373. The van der Waals surface area contributed by atoms with Crippen LogP contribution in [0.4, 0.5) is 0 Å². The molecule has 78 valence electrons. The van der Waals surface area contributed by atoms with Gasteiger partial charge in [0, 0.05) is 0 Å². The van der Waals surface area contributed by atoms with Crippen molar-refractivity contribution in [2.24, 2.45) is 0 Å². The second-order valence-corrected chi connectivity index (χ2v) is 3.30. The summed E-state index contributed by atoms with van der Waals surface area (Å²) in [5.74, 6) is -0.925. The van der Waals surface area contributed by atoms with Gasteiger partial charge in [0.2, 0.25) is 0 Å². The van der Waals surface area contributed by atoms with Gasteiger partial charge in [-0.25, -0.2) is 0 Å². The number of thiocarbonyl (C=S) groups is 1. The van der Waals surface area contributed by atoms with Crippen LogP contribution in [-0.4, -0.2) is 22.6 Å². The van der Waals surface area contributed by atoms with E-state index < -0.39 is 5.97 Å². The Kier molecular flexibility index (Phi) is 4.50. The summed E-state index contributed by atoms with van der Waals surface area (Å²) in [5.41, 5.74) is 1.02. The van der Waals surface area contributed by atoms with Crippen LogP contribution >= 0.6 is 12.2 Å². The monoisotopic (exact) mass is 221 g/mol. The number of carbonyl (C=O) groups is 1. The molecular weight excluding hydrogens is 210 g/mol. The molecule has 0 radical (unpaired) electrons. The molecule has 0 atom stereocenters. The number of nitrogens with one attached hydrogen (secondary N) is 1. The SMILES string of the molecule is O=C(O)CNC(=S)/C=C/c1ccccc1. The van der Waals surface area contributed by atoms with Crippen molar-refractivity contribution < 1.29 is 9.90 Å². The third kappa shape index (κ3) is 4.93. The molecule has 0 fully saturated rings. The molecule has 15 heavy (non-hydrogen) atoms. The third-order valence-corrected chi connectivity index (χ3v) is 1.92. The molecule has 0 unspecified atom stereocenters. The van der Waals surface area contributed by atoms with Gasteiger partial charge in [-0.1, -0.05) is 48.6 Å². The zero-order valence-corrected chi connectivity index (χ0v) is 8.83. The number of hydrogen-bond acceptors (Lipinski definition) is 2. The Balaban J connectivity index is 2.44. The molecule has 3 nitrogen and oxygen atoms in total. The Morgan fingerprint density at radius 1 is 1.40 bits per heavy atom. The number of benzene rings is 1. The van der Waals surface area contributed by atoms with Gasteiger partial charge in [0.25, 0.3) is 0 Å². The van der Waals surface area contributed by atoms with Crippen LogP contribution in [-0.2, 0) is 4.79 Å². The molecule has 0 amide bonds. The highest BCUT2D eigenvalue weighted by Gasteiger charge is 1.95. The number of hydrogen-bond donors (Lipinski definition) is 2. The number of carboxylic acids is 1. The van der Waals surface area contributed by atoms with Crippen LogP contribution < -0.4 is 5.32 Å². The molecule has 4 heteroatoms. The van der Waals surface area contributed by atoms with Crippen molar-refractivity contribution >= 4 is 29.3 Å². The van der Waals surface area contributed by atoms with Gasteiger partial charge < -0.3 is 10.4 Å². The summed E-state index contributed by atoms with van der Waals surface area (Å²) in [4.78, 5) is 10.6. The van der Waals surface area contributed by atoms with E-state index in [1.54, 1.807) is 6.08 Å². The van der Waals surface area contributed by atoms with Crippen LogP contribution in [0.15, 0.2) is 36.4 Å². The van der Waals surface area contributed by atoms with Gasteiger partial charge in [0.1, 0.15) is 6.54 Å². The highest BCUT2D eigenvalue weighted by Crippen LogP contribution is 2.00. The average molecular weight is 221 g/mol. The standard InChI is InChI=1S/C11H11NO2S/c13-11(14)8-12-10(15)7-6-9-4-2-1-3-5-9/h1-7H,8H2,(H,12,15)(H,13,14)/b7-6+. The van der Waals surface area contributed by atoms with Crippen LogP contribution in [0.25, 0.3) is 6.08 Å². The summed E-state index contributed by atoms with van der Waals surface area (Å²) >= 11 is 4.91. The van der Waals surface area contributed by atoms with Gasteiger partial charge in [-0.3, -0.25) is 4.79 Å². The normalized spacial score (nSPS) is 10.1. The van der Waals surface area contributed by atoms with Gasteiger partial charge in [-0.2, -0.15) is 0 Å². The Morgan fingerprint density at radius 2 is 2.07 bits per heavy atom. The highest BCUT2D eigenvalue weighted by atomic mass is 32.1. The van der Waals surface area contributed by atoms with Crippen LogP contribution in [0, 0.1) is 0 Å². The van der Waals surface area contributed by atoms with Gasteiger partial charge in [-0.15, -0.1) is 0 Å². The summed E-state index contributed by atoms with van der Waals surface area (Å²) in [6.45, 7) is -0.155. The molecule has 1 aromatic carbocycles. The highest BCUT2D eigenvalue weighted by molar-refractivity contribution is 7.80. The van der Waals surface area contributed by atoms with Gasteiger partial charge in [0.05, 0.1) is 4.99 Å². The van der Waals surface area contributed by atoms with E-state index in [2.05, 4.69) is 5.32 Å². The summed E-state index contributed by atoms with van der Waals surface area (Å²) in [7, 11) is 0. The molecule has 2 N–H and O–H groups in total. The van der Waals surface area contributed by atoms with E-state index in [1.807, 2.05) is 36.4 Å². The van der Waals surface area contributed by atoms with Crippen LogP contribution in [0.2, 0.25) is 0 Å². The average Bonchev–Trinajstić information content (AvgIpc) is 2.25. The first-order chi connectivity index (χ1) is 7.18. The second-order valence-electron chi connectivity index (χ2n) is 2.86. The lowest BCUT2D eigenvalue weighted by atomic mass is 10.2. The summed E-state index contributed by atoms with van der Waals surface area (Å²) < 4.78 is 0. The van der Waals surface area contributed by atoms with Crippen LogP contribution in [0.5, 0.6) is 0 Å². The van der Waals surface area contributed by atoms with Crippen LogP contribution in [0.3, 0.4) is 0 Å². The van der Waals surface area contributed by atoms with E-state index in [9.17, 15) is 4.79 Å². The first kappa shape index (κ1) is 11.4. The molecule has 0 saturated carbocycles. The van der Waals surface area contributed by atoms with Crippen molar-refractivity contribution in [1.29, 1.82) is 0 Å². The fourth-order valence-corrected chi connectivity index (χ4v) is 1.10. The maximum atomic E-state index is 10.2. The van der Waals surface area contributed by atoms with Crippen LogP contribution in [0.1, 0.15) is 5.56 Å². The van der Waals surface area contributed by atoms with Gasteiger partial charge >= 0.3 is 5.97 Å². The Labute approximate surface area is 93.4 Å². The summed E-state index contributed by atoms with van der Waals surface area (Å²) in [5, 5.41) is 11.0. The summed E-state index contributed by atoms with van der Waals surface area (Å²) in [6, 6.07) is 9.66. The van der Waals surface area contributed by atoms with E-state index in [-0.39, 0.29) is 6.54 Å².